The fourth-order valence-electron chi connectivity index (χ4n) is 2.23. The second kappa shape index (κ2) is 7.72. The molecule has 0 radical (unpaired) electrons. The third-order valence-corrected chi connectivity index (χ3v) is 4.68. The lowest BCUT2D eigenvalue weighted by atomic mass is 10.1. The summed E-state index contributed by atoms with van der Waals surface area (Å²) < 4.78 is 0. The van der Waals surface area contributed by atoms with Gasteiger partial charge in [-0.15, -0.1) is 0 Å². The lowest BCUT2D eigenvalue weighted by molar-refractivity contribution is -0.115. The minimum atomic E-state index is -0.0559. The van der Waals surface area contributed by atoms with Crippen molar-refractivity contribution >= 4 is 51.8 Å². The molecule has 0 atom stereocenters. The molecule has 1 aromatic heterocycles. The van der Waals surface area contributed by atoms with Gasteiger partial charge >= 0.3 is 0 Å². The number of aromatic amines is 1. The number of H-pyrrole nitrogens is 1. The SMILES string of the molecule is CCC(=O)Nc1ccc(C(=O)CSc2nc3ccc(Cl)cc3[nH]2)cc1. The zero-order valence-electron chi connectivity index (χ0n) is 13.5. The Balaban J connectivity index is 1.62. The highest BCUT2D eigenvalue weighted by Gasteiger charge is 2.10. The fourth-order valence-corrected chi connectivity index (χ4v) is 3.18. The molecule has 0 spiro atoms. The number of ketones is 1. The number of Topliss-reactive ketones (excluding diaryl/α,β-unsaturated/α-hetero) is 1. The number of thioether (sulfide) groups is 1. The monoisotopic (exact) mass is 373 g/mol. The molecule has 5 nitrogen and oxygen atoms in total. The Morgan fingerprint density at radius 2 is 1.96 bits per heavy atom. The van der Waals surface area contributed by atoms with Crippen LogP contribution in [0.15, 0.2) is 47.6 Å². The highest BCUT2D eigenvalue weighted by Crippen LogP contribution is 2.23. The van der Waals surface area contributed by atoms with E-state index in [-0.39, 0.29) is 17.4 Å². The minimum Gasteiger partial charge on any atom is -0.333 e. The topological polar surface area (TPSA) is 74.8 Å². The van der Waals surface area contributed by atoms with E-state index in [4.69, 9.17) is 11.6 Å². The van der Waals surface area contributed by atoms with Gasteiger partial charge in [0.1, 0.15) is 0 Å². The quantitative estimate of drug-likeness (QED) is 0.491. The van der Waals surface area contributed by atoms with E-state index in [0.29, 0.717) is 27.9 Å². The molecule has 3 rings (SSSR count). The summed E-state index contributed by atoms with van der Waals surface area (Å²) in [5, 5.41) is 4.07. The first-order valence-corrected chi connectivity index (χ1v) is 9.12. The van der Waals surface area contributed by atoms with E-state index in [1.54, 1.807) is 43.3 Å². The van der Waals surface area contributed by atoms with E-state index in [0.717, 1.165) is 11.0 Å². The highest BCUT2D eigenvalue weighted by molar-refractivity contribution is 7.99. The third-order valence-electron chi connectivity index (χ3n) is 3.57. The minimum absolute atomic E-state index is 0.00291. The number of rotatable bonds is 6. The van der Waals surface area contributed by atoms with Crippen molar-refractivity contribution in [3.8, 4) is 0 Å². The van der Waals surface area contributed by atoms with Gasteiger partial charge in [-0.3, -0.25) is 9.59 Å². The maximum absolute atomic E-state index is 12.3. The average molecular weight is 374 g/mol. The van der Waals surface area contributed by atoms with Crippen LogP contribution in [-0.4, -0.2) is 27.4 Å². The van der Waals surface area contributed by atoms with E-state index < -0.39 is 0 Å². The molecule has 0 aliphatic rings. The lowest BCUT2D eigenvalue weighted by Gasteiger charge is -2.04. The predicted octanol–water partition coefficient (Wildman–Crippen LogP) is 4.54. The van der Waals surface area contributed by atoms with Gasteiger partial charge in [0, 0.05) is 22.7 Å². The average Bonchev–Trinajstić information content (AvgIpc) is 3.02. The molecule has 7 heteroatoms. The van der Waals surface area contributed by atoms with Gasteiger partial charge in [0.25, 0.3) is 0 Å². The summed E-state index contributed by atoms with van der Waals surface area (Å²) in [6, 6.07) is 12.3. The number of amides is 1. The smallest absolute Gasteiger partial charge is 0.224 e. The maximum Gasteiger partial charge on any atom is 0.224 e. The lowest BCUT2D eigenvalue weighted by Crippen LogP contribution is -2.09. The molecule has 2 aromatic carbocycles. The third kappa shape index (κ3) is 4.41. The summed E-state index contributed by atoms with van der Waals surface area (Å²) in [6.07, 6.45) is 0.417. The fraction of sp³-hybridized carbons (Fsp3) is 0.167. The number of nitrogens with one attached hydrogen (secondary N) is 2. The van der Waals surface area contributed by atoms with Gasteiger partial charge in [0.15, 0.2) is 10.9 Å². The molecular formula is C18H16ClN3O2S. The standard InChI is InChI=1S/C18H16ClN3O2S/c1-2-17(24)20-13-6-3-11(4-7-13)16(23)10-25-18-21-14-8-5-12(19)9-15(14)22-18/h3-9H,2,10H2,1H3,(H,20,24)(H,21,22). The zero-order valence-corrected chi connectivity index (χ0v) is 15.1. The first kappa shape index (κ1) is 17.5. The second-order valence-corrected chi connectivity index (χ2v) is 6.79. The zero-order chi connectivity index (χ0) is 17.8. The maximum atomic E-state index is 12.3. The summed E-state index contributed by atoms with van der Waals surface area (Å²) in [6.45, 7) is 1.79. The molecule has 0 fully saturated rings. The van der Waals surface area contributed by atoms with Gasteiger partial charge in [0.2, 0.25) is 5.91 Å². The summed E-state index contributed by atoms with van der Waals surface area (Å²) in [5.41, 5.74) is 2.94. The van der Waals surface area contributed by atoms with Crippen molar-refractivity contribution in [1.82, 2.24) is 9.97 Å². The number of imidazole rings is 1. The molecule has 0 saturated heterocycles. The van der Waals surface area contributed by atoms with Gasteiger partial charge in [0.05, 0.1) is 16.8 Å². The Kier molecular flexibility index (Phi) is 5.40. The highest BCUT2D eigenvalue weighted by atomic mass is 35.5. The van der Waals surface area contributed by atoms with Gasteiger partial charge < -0.3 is 10.3 Å². The van der Waals surface area contributed by atoms with Crippen molar-refractivity contribution in [2.45, 2.75) is 18.5 Å². The summed E-state index contributed by atoms with van der Waals surface area (Å²) in [5.74, 6) is 0.213. The number of nitrogens with zero attached hydrogens (tertiary/aromatic N) is 1. The van der Waals surface area contributed by atoms with Crippen LogP contribution in [0.25, 0.3) is 11.0 Å². The number of hydrogen-bond donors (Lipinski definition) is 2. The van der Waals surface area contributed by atoms with Crippen LogP contribution in [0.4, 0.5) is 5.69 Å². The molecule has 1 amide bonds. The van der Waals surface area contributed by atoms with Crippen LogP contribution in [-0.2, 0) is 4.79 Å². The van der Waals surface area contributed by atoms with E-state index in [9.17, 15) is 9.59 Å². The molecular weight excluding hydrogens is 358 g/mol. The van der Waals surface area contributed by atoms with Crippen molar-refractivity contribution in [3.63, 3.8) is 0 Å². The summed E-state index contributed by atoms with van der Waals surface area (Å²) >= 11 is 7.30. The molecule has 25 heavy (non-hydrogen) atoms. The van der Waals surface area contributed by atoms with Crippen molar-refractivity contribution in [1.29, 1.82) is 0 Å². The molecule has 3 aromatic rings. The van der Waals surface area contributed by atoms with Crippen molar-refractivity contribution in [2.75, 3.05) is 11.1 Å². The van der Waals surface area contributed by atoms with E-state index in [2.05, 4.69) is 15.3 Å². The Bertz CT molecular complexity index is 922. The van der Waals surface area contributed by atoms with Crippen molar-refractivity contribution in [2.24, 2.45) is 0 Å². The number of carbonyl (C=O) groups excluding carboxylic acids is 2. The molecule has 2 N–H and O–H groups in total. The number of benzene rings is 2. The van der Waals surface area contributed by atoms with Crippen LogP contribution in [0.1, 0.15) is 23.7 Å². The van der Waals surface area contributed by atoms with E-state index in [1.807, 2.05) is 6.07 Å². The van der Waals surface area contributed by atoms with Gasteiger partial charge in [-0.2, -0.15) is 0 Å². The molecule has 0 aliphatic carbocycles. The van der Waals surface area contributed by atoms with Crippen LogP contribution in [0, 0.1) is 0 Å². The summed E-state index contributed by atoms with van der Waals surface area (Å²) in [4.78, 5) is 31.2. The van der Waals surface area contributed by atoms with Crippen LogP contribution in [0.2, 0.25) is 5.02 Å². The number of fused-ring (bicyclic) bond motifs is 1. The van der Waals surface area contributed by atoms with Gasteiger partial charge in [-0.1, -0.05) is 30.3 Å². The Morgan fingerprint density at radius 1 is 1.20 bits per heavy atom. The molecule has 0 bridgehead atoms. The van der Waals surface area contributed by atoms with Crippen molar-refractivity contribution in [3.05, 3.63) is 53.1 Å². The molecule has 0 saturated carbocycles. The normalized spacial score (nSPS) is 10.8. The molecule has 0 aliphatic heterocycles. The van der Waals surface area contributed by atoms with Crippen LogP contribution in [0.3, 0.4) is 0 Å². The predicted molar refractivity (Wildman–Crippen MR) is 102 cm³/mol. The number of aromatic nitrogens is 2. The Hall–Kier alpha value is -2.31. The largest absolute Gasteiger partial charge is 0.333 e. The van der Waals surface area contributed by atoms with Gasteiger partial charge in [-0.05, 0) is 42.5 Å². The first-order chi connectivity index (χ1) is 12.0. The second-order valence-electron chi connectivity index (χ2n) is 5.39. The Labute approximate surface area is 154 Å². The number of carbonyl (C=O) groups is 2. The van der Waals surface area contributed by atoms with Crippen LogP contribution in [0.5, 0.6) is 0 Å². The number of halogens is 1. The molecule has 128 valence electrons. The Morgan fingerprint density at radius 3 is 2.68 bits per heavy atom. The number of hydrogen-bond acceptors (Lipinski definition) is 4. The van der Waals surface area contributed by atoms with Crippen LogP contribution < -0.4 is 5.32 Å². The molecule has 1 heterocycles. The molecule has 0 unspecified atom stereocenters. The number of anilines is 1. The van der Waals surface area contributed by atoms with Gasteiger partial charge in [-0.25, -0.2) is 4.98 Å². The van der Waals surface area contributed by atoms with Crippen LogP contribution >= 0.6 is 23.4 Å². The van der Waals surface area contributed by atoms with E-state index in [1.165, 1.54) is 11.8 Å². The van der Waals surface area contributed by atoms with Crippen molar-refractivity contribution < 1.29 is 9.59 Å². The first-order valence-electron chi connectivity index (χ1n) is 7.76. The van der Waals surface area contributed by atoms with E-state index >= 15 is 0 Å². The summed E-state index contributed by atoms with van der Waals surface area (Å²) in [7, 11) is 0.